The molecule has 0 spiro atoms. The fourth-order valence-corrected chi connectivity index (χ4v) is 2.18. The van der Waals surface area contributed by atoms with Crippen molar-refractivity contribution < 1.29 is 19.5 Å². The molecule has 1 rings (SSSR count). The molecule has 3 amide bonds. The topological polar surface area (TPSA) is 98.7 Å². The average Bonchev–Trinajstić information content (AvgIpc) is 2.71. The first-order valence-electron chi connectivity index (χ1n) is 7.11. The molecule has 1 unspecified atom stereocenters. The number of urea groups is 1. The van der Waals surface area contributed by atoms with Gasteiger partial charge in [-0.05, 0) is 34.1 Å². The van der Waals surface area contributed by atoms with E-state index in [1.54, 1.807) is 6.92 Å². The van der Waals surface area contributed by atoms with Crippen molar-refractivity contribution in [2.24, 2.45) is 5.41 Å². The van der Waals surface area contributed by atoms with E-state index in [1.165, 1.54) is 4.90 Å². The van der Waals surface area contributed by atoms with Crippen LogP contribution in [0.4, 0.5) is 4.79 Å². The first kappa shape index (κ1) is 17.3. The lowest BCUT2D eigenvalue weighted by Crippen LogP contribution is -2.44. The second-order valence-corrected chi connectivity index (χ2v) is 6.82. The van der Waals surface area contributed by atoms with Crippen LogP contribution < -0.4 is 10.6 Å². The van der Waals surface area contributed by atoms with Crippen molar-refractivity contribution >= 4 is 17.9 Å². The van der Waals surface area contributed by atoms with Gasteiger partial charge in [0.25, 0.3) is 0 Å². The molecule has 1 fully saturated rings. The highest BCUT2D eigenvalue weighted by Gasteiger charge is 2.42. The summed E-state index contributed by atoms with van der Waals surface area (Å²) in [5.74, 6) is -1.01. The third kappa shape index (κ3) is 5.24. The van der Waals surface area contributed by atoms with Crippen molar-refractivity contribution in [1.82, 2.24) is 15.5 Å². The Morgan fingerprint density at radius 2 is 1.90 bits per heavy atom. The molecule has 0 saturated carbocycles. The summed E-state index contributed by atoms with van der Waals surface area (Å²) in [6.45, 7) is 8.16. The lowest BCUT2D eigenvalue weighted by atomic mass is 9.90. The molecule has 1 aliphatic heterocycles. The van der Waals surface area contributed by atoms with Gasteiger partial charge in [-0.25, -0.2) is 4.79 Å². The summed E-state index contributed by atoms with van der Waals surface area (Å²) in [5, 5.41) is 14.6. The number of carbonyl (C=O) groups excluding carboxylic acids is 2. The molecular formula is C14H25N3O4. The van der Waals surface area contributed by atoms with Crippen LogP contribution in [0.1, 0.15) is 40.5 Å². The van der Waals surface area contributed by atoms with E-state index >= 15 is 0 Å². The number of likely N-dealkylation sites (tertiary alicyclic amines) is 1. The second kappa shape index (κ2) is 6.32. The maximum atomic E-state index is 11.9. The van der Waals surface area contributed by atoms with Gasteiger partial charge in [-0.15, -0.1) is 0 Å². The summed E-state index contributed by atoms with van der Waals surface area (Å²) in [6.07, 6.45) is 0.646. The summed E-state index contributed by atoms with van der Waals surface area (Å²) in [7, 11) is 0. The van der Waals surface area contributed by atoms with Gasteiger partial charge in [0.2, 0.25) is 5.91 Å². The number of hydrogen-bond donors (Lipinski definition) is 3. The molecule has 7 heteroatoms. The van der Waals surface area contributed by atoms with Gasteiger partial charge in [0.05, 0.1) is 5.41 Å². The maximum Gasteiger partial charge on any atom is 0.317 e. The van der Waals surface area contributed by atoms with E-state index in [1.807, 2.05) is 20.8 Å². The van der Waals surface area contributed by atoms with Crippen LogP contribution >= 0.6 is 0 Å². The Balaban J connectivity index is 2.33. The Kier molecular flexibility index (Phi) is 5.20. The fraction of sp³-hybridized carbons (Fsp3) is 0.786. The molecule has 120 valence electrons. The van der Waals surface area contributed by atoms with E-state index in [0.29, 0.717) is 13.0 Å². The summed E-state index contributed by atoms with van der Waals surface area (Å²) in [4.78, 5) is 36.1. The highest BCUT2D eigenvalue weighted by atomic mass is 16.4. The van der Waals surface area contributed by atoms with Gasteiger partial charge >= 0.3 is 12.0 Å². The first-order valence-corrected chi connectivity index (χ1v) is 7.11. The Morgan fingerprint density at radius 1 is 1.29 bits per heavy atom. The lowest BCUT2D eigenvalue weighted by Gasteiger charge is -2.22. The number of carboxylic acid groups (broad SMARTS) is 1. The molecule has 1 atom stereocenters. The van der Waals surface area contributed by atoms with Gasteiger partial charge in [-0.1, -0.05) is 0 Å². The van der Waals surface area contributed by atoms with E-state index in [0.717, 1.165) is 0 Å². The van der Waals surface area contributed by atoms with Gasteiger partial charge in [-0.2, -0.15) is 0 Å². The summed E-state index contributed by atoms with van der Waals surface area (Å²) in [6, 6.07) is -0.316. The predicted octanol–water partition coefficient (Wildman–Crippen LogP) is 0.797. The number of hydrogen-bond acceptors (Lipinski definition) is 3. The Morgan fingerprint density at radius 3 is 2.38 bits per heavy atom. The van der Waals surface area contributed by atoms with Crippen LogP contribution in [0.25, 0.3) is 0 Å². The molecule has 0 radical (unpaired) electrons. The number of aliphatic carboxylic acids is 1. The SMILES string of the molecule is CC(C)(C)NC(=O)CCNC(=O)N1CCC(C)(C(=O)O)C1. The molecule has 1 heterocycles. The number of carboxylic acids is 1. The van der Waals surface area contributed by atoms with Crippen molar-refractivity contribution in [1.29, 1.82) is 0 Å². The van der Waals surface area contributed by atoms with Crippen LogP contribution in [0.5, 0.6) is 0 Å². The highest BCUT2D eigenvalue weighted by Crippen LogP contribution is 2.29. The van der Waals surface area contributed by atoms with Crippen LogP contribution in [-0.4, -0.2) is 53.1 Å². The van der Waals surface area contributed by atoms with Crippen molar-refractivity contribution in [2.45, 2.75) is 46.1 Å². The van der Waals surface area contributed by atoms with Crippen molar-refractivity contribution in [3.63, 3.8) is 0 Å². The predicted molar refractivity (Wildman–Crippen MR) is 77.8 cm³/mol. The van der Waals surface area contributed by atoms with Crippen LogP contribution in [0, 0.1) is 5.41 Å². The van der Waals surface area contributed by atoms with Crippen LogP contribution in [-0.2, 0) is 9.59 Å². The number of nitrogens with one attached hydrogen (secondary N) is 2. The molecule has 7 nitrogen and oxygen atoms in total. The first-order chi connectivity index (χ1) is 9.53. The summed E-state index contributed by atoms with van der Waals surface area (Å²) >= 11 is 0. The number of carbonyl (C=O) groups is 3. The molecule has 21 heavy (non-hydrogen) atoms. The minimum Gasteiger partial charge on any atom is -0.481 e. The molecule has 0 aliphatic carbocycles. The second-order valence-electron chi connectivity index (χ2n) is 6.82. The Labute approximate surface area is 125 Å². The molecule has 0 bridgehead atoms. The van der Waals surface area contributed by atoms with E-state index in [9.17, 15) is 14.4 Å². The van der Waals surface area contributed by atoms with E-state index in [2.05, 4.69) is 10.6 Å². The maximum absolute atomic E-state index is 11.9. The van der Waals surface area contributed by atoms with E-state index in [4.69, 9.17) is 5.11 Å². The van der Waals surface area contributed by atoms with Gasteiger partial charge < -0.3 is 20.6 Å². The molecule has 0 aromatic rings. The zero-order valence-electron chi connectivity index (χ0n) is 13.2. The third-order valence-electron chi connectivity index (χ3n) is 3.42. The van der Waals surface area contributed by atoms with E-state index in [-0.39, 0.29) is 37.0 Å². The minimum absolute atomic E-state index is 0.125. The van der Waals surface area contributed by atoms with Crippen LogP contribution in [0.15, 0.2) is 0 Å². The highest BCUT2D eigenvalue weighted by molar-refractivity contribution is 5.80. The van der Waals surface area contributed by atoms with Gasteiger partial charge in [0, 0.05) is 31.6 Å². The fourth-order valence-electron chi connectivity index (χ4n) is 2.18. The zero-order chi connectivity index (χ0) is 16.3. The molecule has 0 aromatic carbocycles. The Bertz CT molecular complexity index is 430. The van der Waals surface area contributed by atoms with Crippen molar-refractivity contribution in [3.8, 4) is 0 Å². The number of nitrogens with zero attached hydrogens (tertiary/aromatic N) is 1. The Hall–Kier alpha value is -1.79. The average molecular weight is 299 g/mol. The number of rotatable bonds is 4. The lowest BCUT2D eigenvalue weighted by molar-refractivity contribution is -0.147. The summed E-state index contributed by atoms with van der Waals surface area (Å²) < 4.78 is 0. The standard InChI is InChI=1S/C14H25N3O4/c1-13(2,3)16-10(18)5-7-15-12(21)17-8-6-14(4,9-17)11(19)20/h5-9H2,1-4H3,(H,15,21)(H,16,18)(H,19,20). The van der Waals surface area contributed by atoms with Gasteiger partial charge in [0.1, 0.15) is 0 Å². The van der Waals surface area contributed by atoms with Crippen LogP contribution in [0.2, 0.25) is 0 Å². The monoisotopic (exact) mass is 299 g/mol. The molecule has 0 aromatic heterocycles. The third-order valence-corrected chi connectivity index (χ3v) is 3.42. The molecule has 1 saturated heterocycles. The molecular weight excluding hydrogens is 274 g/mol. The van der Waals surface area contributed by atoms with Crippen molar-refractivity contribution in [2.75, 3.05) is 19.6 Å². The summed E-state index contributed by atoms with van der Waals surface area (Å²) in [5.41, 5.74) is -1.17. The zero-order valence-corrected chi connectivity index (χ0v) is 13.2. The van der Waals surface area contributed by atoms with Crippen molar-refractivity contribution in [3.05, 3.63) is 0 Å². The van der Waals surface area contributed by atoms with Gasteiger partial charge in [0.15, 0.2) is 0 Å². The normalized spacial score (nSPS) is 22.0. The van der Waals surface area contributed by atoms with E-state index < -0.39 is 11.4 Å². The smallest absolute Gasteiger partial charge is 0.317 e. The molecule has 1 aliphatic rings. The number of amides is 3. The quantitative estimate of drug-likeness (QED) is 0.715. The largest absolute Gasteiger partial charge is 0.481 e. The minimum atomic E-state index is -0.887. The molecule has 3 N–H and O–H groups in total. The van der Waals surface area contributed by atoms with Gasteiger partial charge in [-0.3, -0.25) is 9.59 Å². The van der Waals surface area contributed by atoms with Crippen LogP contribution in [0.3, 0.4) is 0 Å².